The molecule has 3 rings (SSSR count). The minimum atomic E-state index is -3.87. The first-order valence-corrected chi connectivity index (χ1v) is 14.0. The Kier molecular flexibility index (Phi) is 9.31. The van der Waals surface area contributed by atoms with Gasteiger partial charge in [0, 0.05) is 12.6 Å². The molecule has 2 aromatic rings. The van der Waals surface area contributed by atoms with Gasteiger partial charge < -0.3 is 15.0 Å². The van der Waals surface area contributed by atoms with Gasteiger partial charge in [-0.05, 0) is 56.5 Å². The summed E-state index contributed by atoms with van der Waals surface area (Å²) >= 11 is 0. The number of hydrogen-bond acceptors (Lipinski definition) is 5. The van der Waals surface area contributed by atoms with E-state index in [0.717, 1.165) is 36.2 Å². The summed E-state index contributed by atoms with van der Waals surface area (Å²) in [6.07, 6.45) is 4.88. The molecule has 0 unspecified atom stereocenters. The maximum absolute atomic E-state index is 13.6. The summed E-state index contributed by atoms with van der Waals surface area (Å²) in [6, 6.07) is 11.4. The summed E-state index contributed by atoms with van der Waals surface area (Å²) in [7, 11) is -3.87. The molecule has 2 amide bonds. The molecule has 0 saturated heterocycles. The molecule has 0 aliphatic heterocycles. The Labute approximate surface area is 212 Å². The van der Waals surface area contributed by atoms with Gasteiger partial charge in [-0.2, -0.15) is 0 Å². The Morgan fingerprint density at radius 1 is 1.11 bits per heavy atom. The van der Waals surface area contributed by atoms with E-state index in [1.165, 1.54) is 29.2 Å². The zero-order valence-electron chi connectivity index (χ0n) is 20.9. The van der Waals surface area contributed by atoms with Crippen molar-refractivity contribution >= 4 is 27.5 Å². The maximum Gasteiger partial charge on any atom is 0.244 e. The van der Waals surface area contributed by atoms with Crippen molar-refractivity contribution in [2.24, 2.45) is 0 Å². The molecule has 0 aromatic heterocycles. The molecule has 1 aliphatic rings. The Bertz CT molecular complexity index is 1150. The number of rotatable bonds is 11. The number of ether oxygens (including phenoxy) is 1. The van der Waals surface area contributed by atoms with Crippen molar-refractivity contribution in [2.45, 2.75) is 58.2 Å². The number of carbonyl (C=O) groups is 2. The number of nitrogens with one attached hydrogen (secondary N) is 1. The molecule has 1 fully saturated rings. The van der Waals surface area contributed by atoms with Crippen LogP contribution in [0.25, 0.3) is 0 Å². The zero-order valence-corrected chi connectivity index (χ0v) is 21.8. The number of amides is 2. The van der Waals surface area contributed by atoms with Crippen molar-refractivity contribution in [3.8, 4) is 5.75 Å². The number of para-hydroxylation sites is 2. The first-order valence-electron chi connectivity index (χ1n) is 12.1. The number of hydrogen-bond donors (Lipinski definition) is 1. The Morgan fingerprint density at radius 2 is 1.75 bits per heavy atom. The number of benzene rings is 2. The molecule has 0 heterocycles. The van der Waals surface area contributed by atoms with Gasteiger partial charge in [0.2, 0.25) is 21.8 Å². The highest BCUT2D eigenvalue weighted by molar-refractivity contribution is 7.92. The summed E-state index contributed by atoms with van der Waals surface area (Å²) in [5.41, 5.74) is 0.853. The van der Waals surface area contributed by atoms with Crippen LogP contribution in [0, 0.1) is 5.82 Å². The molecule has 10 heteroatoms. The van der Waals surface area contributed by atoms with Crippen LogP contribution in [0.3, 0.4) is 0 Å². The summed E-state index contributed by atoms with van der Waals surface area (Å²) in [5.74, 6) is -0.960. The quantitative estimate of drug-likeness (QED) is 0.491. The minimum absolute atomic E-state index is 0.0169. The molecule has 0 spiro atoms. The van der Waals surface area contributed by atoms with E-state index >= 15 is 0 Å². The fraction of sp³-hybridized carbons (Fsp3) is 0.462. The lowest BCUT2D eigenvalue weighted by molar-refractivity contribution is -0.139. The molecule has 0 bridgehead atoms. The molecule has 1 saturated carbocycles. The van der Waals surface area contributed by atoms with E-state index in [1.807, 2.05) is 0 Å². The smallest absolute Gasteiger partial charge is 0.244 e. The van der Waals surface area contributed by atoms with E-state index in [-0.39, 0.29) is 24.2 Å². The van der Waals surface area contributed by atoms with Crippen LogP contribution in [0.5, 0.6) is 5.75 Å². The van der Waals surface area contributed by atoms with Crippen molar-refractivity contribution in [1.82, 2.24) is 10.2 Å². The second kappa shape index (κ2) is 12.2. The van der Waals surface area contributed by atoms with E-state index in [9.17, 15) is 22.4 Å². The number of halogens is 1. The van der Waals surface area contributed by atoms with E-state index < -0.39 is 34.3 Å². The minimum Gasteiger partial charge on any atom is -0.492 e. The van der Waals surface area contributed by atoms with E-state index in [4.69, 9.17) is 4.74 Å². The van der Waals surface area contributed by atoms with Crippen molar-refractivity contribution in [2.75, 3.05) is 23.7 Å². The predicted molar refractivity (Wildman–Crippen MR) is 137 cm³/mol. The summed E-state index contributed by atoms with van der Waals surface area (Å²) < 4.78 is 45.5. The van der Waals surface area contributed by atoms with Crippen molar-refractivity contribution in [3.05, 3.63) is 59.9 Å². The van der Waals surface area contributed by atoms with Gasteiger partial charge in [-0.25, -0.2) is 12.8 Å². The van der Waals surface area contributed by atoms with Gasteiger partial charge in [0.1, 0.15) is 24.2 Å². The third-order valence-corrected chi connectivity index (χ3v) is 7.37. The van der Waals surface area contributed by atoms with Crippen LogP contribution in [-0.4, -0.2) is 56.6 Å². The number of nitrogens with zero attached hydrogens (tertiary/aromatic N) is 2. The predicted octanol–water partition coefficient (Wildman–Crippen LogP) is 3.47. The highest BCUT2D eigenvalue weighted by Gasteiger charge is 2.32. The normalized spacial score (nSPS) is 14.8. The van der Waals surface area contributed by atoms with Crippen LogP contribution in [0.4, 0.5) is 10.1 Å². The molecular weight excluding hydrogens is 485 g/mol. The Morgan fingerprint density at radius 3 is 2.36 bits per heavy atom. The lowest BCUT2D eigenvalue weighted by Gasteiger charge is -2.32. The average molecular weight is 520 g/mol. The lowest BCUT2D eigenvalue weighted by atomic mass is 10.1. The average Bonchev–Trinajstić information content (AvgIpc) is 3.34. The van der Waals surface area contributed by atoms with E-state index in [1.54, 1.807) is 38.1 Å². The van der Waals surface area contributed by atoms with Crippen LogP contribution in [-0.2, 0) is 26.2 Å². The van der Waals surface area contributed by atoms with Gasteiger partial charge >= 0.3 is 0 Å². The standard InChI is InChI=1S/C26H34FN3O5S/c1-4-35-24-12-8-7-11-23(24)30(36(3,33)34)18-25(31)29(17-20-13-15-21(27)16-14-20)19(2)26(32)28-22-9-5-6-10-22/h7-8,11-16,19,22H,4-6,9-10,17-18H2,1-3H3,(H,28,32)/t19-/m1/s1. The van der Waals surface area contributed by atoms with Gasteiger partial charge in [0.25, 0.3) is 0 Å². The number of sulfonamides is 1. The van der Waals surface area contributed by atoms with Crippen LogP contribution in [0.15, 0.2) is 48.5 Å². The first-order chi connectivity index (χ1) is 17.1. The summed E-state index contributed by atoms with van der Waals surface area (Å²) in [6.45, 7) is 3.21. The maximum atomic E-state index is 13.6. The monoisotopic (exact) mass is 519 g/mol. The second-order valence-electron chi connectivity index (χ2n) is 8.98. The van der Waals surface area contributed by atoms with E-state index in [2.05, 4.69) is 5.32 Å². The van der Waals surface area contributed by atoms with Crippen LogP contribution in [0.1, 0.15) is 45.1 Å². The molecule has 0 radical (unpaired) electrons. The third kappa shape index (κ3) is 7.19. The molecule has 1 N–H and O–H groups in total. The Balaban J connectivity index is 1.90. The zero-order chi connectivity index (χ0) is 26.3. The van der Waals surface area contributed by atoms with Crippen molar-refractivity contribution in [1.29, 1.82) is 0 Å². The lowest BCUT2D eigenvalue weighted by Crippen LogP contribution is -2.52. The SMILES string of the molecule is CCOc1ccccc1N(CC(=O)N(Cc1ccc(F)cc1)[C@H](C)C(=O)NC1CCCC1)S(C)(=O)=O. The fourth-order valence-corrected chi connectivity index (χ4v) is 5.15. The molecule has 2 aromatic carbocycles. The molecule has 36 heavy (non-hydrogen) atoms. The summed E-state index contributed by atoms with van der Waals surface area (Å²) in [4.78, 5) is 28.0. The highest BCUT2D eigenvalue weighted by atomic mass is 32.2. The molecule has 1 aliphatic carbocycles. The molecule has 196 valence electrons. The molecular formula is C26H34FN3O5S. The highest BCUT2D eigenvalue weighted by Crippen LogP contribution is 2.30. The van der Waals surface area contributed by atoms with Gasteiger partial charge in [-0.1, -0.05) is 37.1 Å². The largest absolute Gasteiger partial charge is 0.492 e. The molecule has 8 nitrogen and oxygen atoms in total. The number of carbonyl (C=O) groups excluding carboxylic acids is 2. The van der Waals surface area contributed by atoms with Gasteiger partial charge in [-0.3, -0.25) is 13.9 Å². The second-order valence-corrected chi connectivity index (χ2v) is 10.9. The van der Waals surface area contributed by atoms with Gasteiger partial charge in [-0.15, -0.1) is 0 Å². The van der Waals surface area contributed by atoms with Gasteiger partial charge in [0.05, 0.1) is 18.6 Å². The van der Waals surface area contributed by atoms with Gasteiger partial charge in [0.15, 0.2) is 0 Å². The summed E-state index contributed by atoms with van der Waals surface area (Å²) in [5, 5.41) is 3.01. The van der Waals surface area contributed by atoms with Crippen LogP contribution in [0.2, 0.25) is 0 Å². The van der Waals surface area contributed by atoms with Crippen LogP contribution < -0.4 is 14.4 Å². The third-order valence-electron chi connectivity index (χ3n) is 6.25. The van der Waals surface area contributed by atoms with Crippen molar-refractivity contribution in [3.63, 3.8) is 0 Å². The Hall–Kier alpha value is -3.14. The fourth-order valence-electron chi connectivity index (χ4n) is 4.30. The van der Waals surface area contributed by atoms with Crippen molar-refractivity contribution < 1.29 is 27.1 Å². The first kappa shape index (κ1) is 27.4. The number of anilines is 1. The van der Waals surface area contributed by atoms with E-state index in [0.29, 0.717) is 17.9 Å². The van der Waals surface area contributed by atoms with Crippen LogP contribution >= 0.6 is 0 Å². The molecule has 1 atom stereocenters. The topological polar surface area (TPSA) is 96.0 Å².